The second-order valence-electron chi connectivity index (χ2n) is 8.29. The number of carbonyl (C=O) groups is 1. The van der Waals surface area contributed by atoms with Crippen molar-refractivity contribution in [1.29, 1.82) is 0 Å². The molecule has 33 heavy (non-hydrogen) atoms. The van der Waals surface area contributed by atoms with Gasteiger partial charge in [0.1, 0.15) is 5.82 Å². The van der Waals surface area contributed by atoms with Gasteiger partial charge in [0.2, 0.25) is 5.91 Å². The van der Waals surface area contributed by atoms with Crippen LogP contribution in [0.5, 0.6) is 0 Å². The number of likely N-dealkylation sites (tertiary alicyclic amines) is 1. The van der Waals surface area contributed by atoms with Gasteiger partial charge in [-0.1, -0.05) is 12.1 Å². The third kappa shape index (κ3) is 4.80. The van der Waals surface area contributed by atoms with Crippen LogP contribution in [0.25, 0.3) is 11.7 Å². The lowest BCUT2D eigenvalue weighted by molar-refractivity contribution is -0.126. The van der Waals surface area contributed by atoms with Gasteiger partial charge in [-0.05, 0) is 48.9 Å². The molecule has 1 aliphatic heterocycles. The SMILES string of the molecule is Cc1cnn2c(NCc3cccnc3)cc(C3CCN(C(=O)/C=C/c4cccs4)CC3)nc12. The van der Waals surface area contributed by atoms with Gasteiger partial charge >= 0.3 is 0 Å². The quantitative estimate of drug-likeness (QED) is 0.430. The minimum absolute atomic E-state index is 0.0794. The third-order valence-corrected chi connectivity index (χ3v) is 6.86. The highest BCUT2D eigenvalue weighted by atomic mass is 32.1. The highest BCUT2D eigenvalue weighted by molar-refractivity contribution is 7.10. The number of rotatable bonds is 6. The Morgan fingerprint density at radius 1 is 1.24 bits per heavy atom. The van der Waals surface area contributed by atoms with Gasteiger partial charge in [-0.3, -0.25) is 9.78 Å². The molecule has 5 heterocycles. The Bertz CT molecular complexity index is 1260. The first-order valence-corrected chi connectivity index (χ1v) is 12.0. The molecule has 1 saturated heterocycles. The van der Waals surface area contributed by atoms with Gasteiger partial charge in [-0.25, -0.2) is 4.98 Å². The first-order chi connectivity index (χ1) is 16.2. The Hall–Kier alpha value is -3.52. The van der Waals surface area contributed by atoms with Crippen molar-refractivity contribution in [2.45, 2.75) is 32.2 Å². The fourth-order valence-electron chi connectivity index (χ4n) is 4.16. The summed E-state index contributed by atoms with van der Waals surface area (Å²) in [6.07, 6.45) is 10.9. The number of amides is 1. The summed E-state index contributed by atoms with van der Waals surface area (Å²) >= 11 is 1.63. The van der Waals surface area contributed by atoms with Crippen molar-refractivity contribution >= 4 is 34.8 Å². The predicted octanol–water partition coefficient (Wildman–Crippen LogP) is 4.53. The number of aryl methyl sites for hydroxylation is 1. The van der Waals surface area contributed by atoms with E-state index in [1.165, 1.54) is 0 Å². The summed E-state index contributed by atoms with van der Waals surface area (Å²) in [4.78, 5) is 24.8. The average molecular weight is 459 g/mol. The van der Waals surface area contributed by atoms with Crippen molar-refractivity contribution in [3.05, 3.63) is 82.1 Å². The van der Waals surface area contributed by atoms with Crippen molar-refractivity contribution in [2.75, 3.05) is 18.4 Å². The molecule has 0 bridgehead atoms. The van der Waals surface area contributed by atoms with Crippen LogP contribution in [0.3, 0.4) is 0 Å². The summed E-state index contributed by atoms with van der Waals surface area (Å²) in [6.45, 7) is 4.17. The number of pyridine rings is 1. The molecule has 0 atom stereocenters. The molecule has 0 spiro atoms. The standard InChI is InChI=1S/C25H26N6OS/c1-18-15-28-31-23(27-17-19-4-2-10-26-16-19)14-22(29-25(18)31)20-8-11-30(12-9-20)24(32)7-6-21-5-3-13-33-21/h2-7,10,13-16,20,27H,8-9,11-12,17H2,1H3/b7-6+. The maximum atomic E-state index is 12.6. The largest absolute Gasteiger partial charge is 0.366 e. The van der Waals surface area contributed by atoms with Crippen molar-refractivity contribution < 1.29 is 4.79 Å². The molecular formula is C25H26N6OS. The molecule has 0 unspecified atom stereocenters. The van der Waals surface area contributed by atoms with Crippen molar-refractivity contribution in [2.24, 2.45) is 0 Å². The number of anilines is 1. The van der Waals surface area contributed by atoms with Gasteiger partial charge in [0.15, 0.2) is 5.65 Å². The minimum atomic E-state index is 0.0794. The molecule has 4 aromatic heterocycles. The van der Waals surface area contributed by atoms with Gasteiger partial charge in [0, 0.05) is 66.2 Å². The minimum Gasteiger partial charge on any atom is -0.366 e. The maximum absolute atomic E-state index is 12.6. The number of thiophene rings is 1. The van der Waals surface area contributed by atoms with E-state index in [0.717, 1.165) is 59.1 Å². The molecule has 8 heteroatoms. The van der Waals surface area contributed by atoms with E-state index in [2.05, 4.69) is 21.5 Å². The molecule has 4 aromatic rings. The van der Waals surface area contributed by atoms with E-state index in [0.29, 0.717) is 12.5 Å². The summed E-state index contributed by atoms with van der Waals surface area (Å²) in [6, 6.07) is 10.1. The van der Waals surface area contributed by atoms with Gasteiger partial charge in [0.05, 0.1) is 6.20 Å². The molecule has 1 amide bonds. The Morgan fingerprint density at radius 2 is 2.12 bits per heavy atom. The summed E-state index contributed by atoms with van der Waals surface area (Å²) in [5, 5.41) is 10.0. The second-order valence-corrected chi connectivity index (χ2v) is 9.27. The zero-order valence-corrected chi connectivity index (χ0v) is 19.3. The number of aromatic nitrogens is 4. The zero-order chi connectivity index (χ0) is 22.6. The van der Waals surface area contributed by atoms with E-state index in [1.807, 2.05) is 64.5 Å². The Kier molecular flexibility index (Phi) is 6.17. The smallest absolute Gasteiger partial charge is 0.246 e. The summed E-state index contributed by atoms with van der Waals surface area (Å²) in [7, 11) is 0. The average Bonchev–Trinajstić information content (AvgIpc) is 3.52. The first-order valence-electron chi connectivity index (χ1n) is 11.2. The molecule has 168 valence electrons. The van der Waals surface area contributed by atoms with Crippen molar-refractivity contribution in [1.82, 2.24) is 24.5 Å². The van der Waals surface area contributed by atoms with Crippen LogP contribution in [0.2, 0.25) is 0 Å². The maximum Gasteiger partial charge on any atom is 0.246 e. The topological polar surface area (TPSA) is 75.4 Å². The summed E-state index contributed by atoms with van der Waals surface area (Å²) in [5.41, 5.74) is 4.09. The monoisotopic (exact) mass is 458 g/mol. The Balaban J connectivity index is 1.29. The molecule has 0 aromatic carbocycles. The van der Waals surface area contributed by atoms with E-state index < -0.39 is 0 Å². The normalized spacial score (nSPS) is 14.9. The fourth-order valence-corrected chi connectivity index (χ4v) is 4.78. The third-order valence-electron chi connectivity index (χ3n) is 6.02. The molecule has 0 aliphatic carbocycles. The molecular weight excluding hydrogens is 432 g/mol. The van der Waals surface area contributed by atoms with Gasteiger partial charge in [-0.2, -0.15) is 9.61 Å². The van der Waals surface area contributed by atoms with E-state index in [-0.39, 0.29) is 5.91 Å². The number of hydrogen-bond donors (Lipinski definition) is 1. The molecule has 1 N–H and O–H groups in total. The van der Waals surface area contributed by atoms with Crippen molar-refractivity contribution in [3.8, 4) is 0 Å². The Morgan fingerprint density at radius 3 is 2.88 bits per heavy atom. The van der Waals surface area contributed by atoms with E-state index in [4.69, 9.17) is 4.98 Å². The van der Waals surface area contributed by atoms with Crippen LogP contribution in [0.4, 0.5) is 5.82 Å². The zero-order valence-electron chi connectivity index (χ0n) is 18.5. The molecule has 0 saturated carbocycles. The number of hydrogen-bond acceptors (Lipinski definition) is 6. The number of carbonyl (C=O) groups excluding carboxylic acids is 1. The highest BCUT2D eigenvalue weighted by Gasteiger charge is 2.25. The number of nitrogens with one attached hydrogen (secondary N) is 1. The van der Waals surface area contributed by atoms with E-state index >= 15 is 0 Å². The van der Waals surface area contributed by atoms with Gasteiger partial charge in [-0.15, -0.1) is 11.3 Å². The summed E-state index contributed by atoms with van der Waals surface area (Å²) < 4.78 is 1.86. The van der Waals surface area contributed by atoms with Crippen LogP contribution in [0.1, 0.15) is 40.5 Å². The van der Waals surface area contributed by atoms with Gasteiger partial charge in [0.25, 0.3) is 0 Å². The predicted molar refractivity (Wildman–Crippen MR) is 131 cm³/mol. The Labute approximate surface area is 196 Å². The van der Waals surface area contributed by atoms with Crippen LogP contribution < -0.4 is 5.32 Å². The first kappa shape index (κ1) is 21.3. The lowest BCUT2D eigenvalue weighted by Crippen LogP contribution is -2.37. The lowest BCUT2D eigenvalue weighted by atomic mass is 9.93. The number of nitrogens with zero attached hydrogens (tertiary/aromatic N) is 5. The van der Waals surface area contributed by atoms with Crippen LogP contribution in [-0.2, 0) is 11.3 Å². The van der Waals surface area contributed by atoms with Crippen LogP contribution in [0, 0.1) is 6.92 Å². The fraction of sp³-hybridized carbons (Fsp3) is 0.280. The molecule has 1 aliphatic rings. The summed E-state index contributed by atoms with van der Waals surface area (Å²) in [5.74, 6) is 1.31. The lowest BCUT2D eigenvalue weighted by Gasteiger charge is -2.31. The second kappa shape index (κ2) is 9.54. The molecule has 5 rings (SSSR count). The van der Waals surface area contributed by atoms with E-state index in [1.54, 1.807) is 23.6 Å². The molecule has 1 fully saturated rings. The highest BCUT2D eigenvalue weighted by Crippen LogP contribution is 2.30. The van der Waals surface area contributed by atoms with Crippen LogP contribution >= 0.6 is 11.3 Å². The van der Waals surface area contributed by atoms with Crippen LogP contribution in [0.15, 0.2) is 60.4 Å². The molecule has 7 nitrogen and oxygen atoms in total. The van der Waals surface area contributed by atoms with E-state index in [9.17, 15) is 4.79 Å². The van der Waals surface area contributed by atoms with Crippen molar-refractivity contribution in [3.63, 3.8) is 0 Å². The number of fused-ring (bicyclic) bond motifs is 1. The van der Waals surface area contributed by atoms with Crippen LogP contribution in [-0.4, -0.2) is 43.5 Å². The molecule has 0 radical (unpaired) electrons. The van der Waals surface area contributed by atoms with Gasteiger partial charge < -0.3 is 10.2 Å². The number of piperidine rings is 1.